The molecule has 0 aliphatic carbocycles. The van der Waals surface area contributed by atoms with Gasteiger partial charge in [-0.15, -0.1) is 0 Å². The Bertz CT molecular complexity index is 563. The standard InChI is InChI=1S/C15H18FNO2/c1-10(18)12-4-5-15(14(16)8-12)17(3)9-13-6-7-19-11(13)2/h4-8,10,18H,9H2,1-3H3/t10-/m0/s1. The van der Waals surface area contributed by atoms with Crippen LogP contribution >= 0.6 is 0 Å². The first-order valence-corrected chi connectivity index (χ1v) is 6.20. The molecule has 1 atom stereocenters. The van der Waals surface area contributed by atoms with Crippen molar-refractivity contribution in [2.75, 3.05) is 11.9 Å². The second-order valence-electron chi connectivity index (χ2n) is 4.74. The summed E-state index contributed by atoms with van der Waals surface area (Å²) in [5.74, 6) is 0.509. The van der Waals surface area contributed by atoms with Crippen LogP contribution in [0.2, 0.25) is 0 Å². The summed E-state index contributed by atoms with van der Waals surface area (Å²) < 4.78 is 19.2. The van der Waals surface area contributed by atoms with Gasteiger partial charge in [0, 0.05) is 19.2 Å². The fourth-order valence-electron chi connectivity index (χ4n) is 2.01. The van der Waals surface area contributed by atoms with Crippen molar-refractivity contribution < 1.29 is 13.9 Å². The van der Waals surface area contributed by atoms with Gasteiger partial charge in [0.25, 0.3) is 0 Å². The smallest absolute Gasteiger partial charge is 0.146 e. The van der Waals surface area contributed by atoms with Crippen LogP contribution in [0.1, 0.15) is 29.9 Å². The molecule has 1 heterocycles. The summed E-state index contributed by atoms with van der Waals surface area (Å²) in [5, 5.41) is 9.43. The lowest BCUT2D eigenvalue weighted by atomic mass is 10.1. The van der Waals surface area contributed by atoms with Gasteiger partial charge in [0.2, 0.25) is 0 Å². The first kappa shape index (κ1) is 13.6. The number of aliphatic hydroxyl groups is 1. The van der Waals surface area contributed by atoms with Crippen molar-refractivity contribution >= 4 is 5.69 Å². The molecule has 1 aromatic heterocycles. The van der Waals surface area contributed by atoms with E-state index in [4.69, 9.17) is 4.42 Å². The molecule has 19 heavy (non-hydrogen) atoms. The third-order valence-electron chi connectivity index (χ3n) is 3.24. The minimum atomic E-state index is -0.662. The highest BCUT2D eigenvalue weighted by atomic mass is 19.1. The van der Waals surface area contributed by atoms with Crippen LogP contribution in [0.5, 0.6) is 0 Å². The summed E-state index contributed by atoms with van der Waals surface area (Å²) in [4.78, 5) is 1.82. The maximum atomic E-state index is 14.0. The highest BCUT2D eigenvalue weighted by molar-refractivity contribution is 5.49. The van der Waals surface area contributed by atoms with Gasteiger partial charge in [-0.25, -0.2) is 4.39 Å². The van der Waals surface area contributed by atoms with Gasteiger partial charge in [-0.05, 0) is 37.6 Å². The molecule has 0 saturated heterocycles. The average Bonchev–Trinajstić information content (AvgIpc) is 2.74. The minimum absolute atomic E-state index is 0.331. The van der Waals surface area contributed by atoms with E-state index in [0.717, 1.165) is 11.3 Å². The molecule has 3 nitrogen and oxygen atoms in total. The Kier molecular flexibility index (Phi) is 3.90. The van der Waals surface area contributed by atoms with E-state index in [1.165, 1.54) is 6.07 Å². The lowest BCUT2D eigenvalue weighted by Gasteiger charge is -2.20. The van der Waals surface area contributed by atoms with Gasteiger partial charge < -0.3 is 14.4 Å². The van der Waals surface area contributed by atoms with Gasteiger partial charge in [-0.3, -0.25) is 0 Å². The van der Waals surface area contributed by atoms with E-state index < -0.39 is 6.10 Å². The number of rotatable bonds is 4. The number of furan rings is 1. The summed E-state index contributed by atoms with van der Waals surface area (Å²) in [7, 11) is 1.83. The average molecular weight is 263 g/mol. The maximum absolute atomic E-state index is 14.0. The fraction of sp³-hybridized carbons (Fsp3) is 0.333. The molecule has 0 fully saturated rings. The van der Waals surface area contributed by atoms with Crippen molar-refractivity contribution in [2.24, 2.45) is 0 Å². The summed E-state index contributed by atoms with van der Waals surface area (Å²) in [6, 6.07) is 6.68. The van der Waals surface area contributed by atoms with Crippen molar-refractivity contribution in [1.82, 2.24) is 0 Å². The molecule has 0 spiro atoms. The van der Waals surface area contributed by atoms with E-state index in [1.807, 2.05) is 24.9 Å². The second kappa shape index (κ2) is 5.45. The van der Waals surface area contributed by atoms with E-state index in [1.54, 1.807) is 25.3 Å². The third kappa shape index (κ3) is 2.96. The third-order valence-corrected chi connectivity index (χ3v) is 3.24. The van der Waals surface area contributed by atoms with Crippen LogP contribution in [0.3, 0.4) is 0 Å². The van der Waals surface area contributed by atoms with Crippen molar-refractivity contribution in [3.05, 3.63) is 53.2 Å². The van der Waals surface area contributed by atoms with Gasteiger partial charge in [0.05, 0.1) is 18.1 Å². The Morgan fingerprint density at radius 1 is 1.37 bits per heavy atom. The minimum Gasteiger partial charge on any atom is -0.469 e. The van der Waals surface area contributed by atoms with Crippen molar-refractivity contribution in [1.29, 1.82) is 0 Å². The van der Waals surface area contributed by atoms with Gasteiger partial charge in [0.15, 0.2) is 0 Å². The lowest BCUT2D eigenvalue weighted by molar-refractivity contribution is 0.199. The summed E-state index contributed by atoms with van der Waals surface area (Å²) in [5.41, 5.74) is 2.11. The topological polar surface area (TPSA) is 36.6 Å². The fourth-order valence-corrected chi connectivity index (χ4v) is 2.01. The van der Waals surface area contributed by atoms with E-state index >= 15 is 0 Å². The SMILES string of the molecule is Cc1occc1CN(C)c1ccc([C@H](C)O)cc1F. The maximum Gasteiger partial charge on any atom is 0.146 e. The Balaban J connectivity index is 2.20. The molecule has 2 rings (SSSR count). The van der Waals surface area contributed by atoms with E-state index in [0.29, 0.717) is 17.8 Å². The van der Waals surface area contributed by atoms with Gasteiger partial charge >= 0.3 is 0 Å². The van der Waals surface area contributed by atoms with Crippen LogP contribution in [0, 0.1) is 12.7 Å². The molecule has 4 heteroatoms. The van der Waals surface area contributed by atoms with Crippen LogP contribution < -0.4 is 4.90 Å². The number of hydrogen-bond donors (Lipinski definition) is 1. The molecule has 1 N–H and O–H groups in total. The monoisotopic (exact) mass is 263 g/mol. The van der Waals surface area contributed by atoms with E-state index in [2.05, 4.69) is 0 Å². The number of nitrogens with zero attached hydrogens (tertiary/aromatic N) is 1. The van der Waals surface area contributed by atoms with Crippen LogP contribution in [0.15, 0.2) is 34.9 Å². The molecule has 0 radical (unpaired) electrons. The Morgan fingerprint density at radius 2 is 2.11 bits per heavy atom. The van der Waals surface area contributed by atoms with Crippen LogP contribution in [-0.4, -0.2) is 12.2 Å². The zero-order valence-electron chi connectivity index (χ0n) is 11.4. The zero-order chi connectivity index (χ0) is 14.0. The second-order valence-corrected chi connectivity index (χ2v) is 4.74. The normalized spacial score (nSPS) is 12.5. The molecular formula is C15H18FNO2. The largest absolute Gasteiger partial charge is 0.469 e. The highest BCUT2D eigenvalue weighted by Gasteiger charge is 2.12. The lowest BCUT2D eigenvalue weighted by Crippen LogP contribution is -2.18. The molecule has 1 aromatic carbocycles. The Hall–Kier alpha value is -1.81. The molecular weight excluding hydrogens is 245 g/mol. The predicted octanol–water partition coefficient (Wildman–Crippen LogP) is 3.42. The molecule has 0 aliphatic rings. The predicted molar refractivity (Wildman–Crippen MR) is 72.6 cm³/mol. The molecule has 0 bridgehead atoms. The van der Waals surface area contributed by atoms with Gasteiger partial charge in [0.1, 0.15) is 11.6 Å². The van der Waals surface area contributed by atoms with E-state index in [9.17, 15) is 9.50 Å². The number of aliphatic hydroxyl groups excluding tert-OH is 1. The number of aryl methyl sites for hydroxylation is 1. The molecule has 2 aromatic rings. The number of benzene rings is 1. The van der Waals surface area contributed by atoms with Crippen LogP contribution in [-0.2, 0) is 6.54 Å². The molecule has 0 saturated carbocycles. The van der Waals surface area contributed by atoms with Crippen molar-refractivity contribution in [3.8, 4) is 0 Å². The van der Waals surface area contributed by atoms with Crippen LogP contribution in [0.4, 0.5) is 10.1 Å². The number of halogens is 1. The highest BCUT2D eigenvalue weighted by Crippen LogP contribution is 2.24. The first-order chi connectivity index (χ1) is 8.99. The molecule has 102 valence electrons. The summed E-state index contributed by atoms with van der Waals surface area (Å²) in [6.07, 6.45) is 0.968. The van der Waals surface area contributed by atoms with Gasteiger partial charge in [-0.1, -0.05) is 6.07 Å². The summed E-state index contributed by atoms with van der Waals surface area (Å²) >= 11 is 0. The zero-order valence-corrected chi connectivity index (χ0v) is 11.4. The quantitative estimate of drug-likeness (QED) is 0.918. The van der Waals surface area contributed by atoms with Crippen molar-refractivity contribution in [3.63, 3.8) is 0 Å². The van der Waals surface area contributed by atoms with Crippen molar-refractivity contribution in [2.45, 2.75) is 26.5 Å². The molecule has 0 amide bonds. The van der Waals surface area contributed by atoms with Crippen LogP contribution in [0.25, 0.3) is 0 Å². The van der Waals surface area contributed by atoms with Gasteiger partial charge in [-0.2, -0.15) is 0 Å². The summed E-state index contributed by atoms with van der Waals surface area (Å²) in [6.45, 7) is 4.08. The molecule has 0 aliphatic heterocycles. The molecule has 0 unspecified atom stereocenters. The van der Waals surface area contributed by atoms with E-state index in [-0.39, 0.29) is 5.82 Å². The first-order valence-electron chi connectivity index (χ1n) is 6.20. The number of anilines is 1. The Labute approximate surface area is 112 Å². The number of hydrogen-bond acceptors (Lipinski definition) is 3. The Morgan fingerprint density at radius 3 is 2.63 bits per heavy atom.